The SMILES string of the molecule is CC(=O)Nc1ccc(C(=O)NCCNC(=O)c2ccc3ccccc3c2)cc1. The summed E-state index contributed by atoms with van der Waals surface area (Å²) in [7, 11) is 0. The Morgan fingerprint density at radius 2 is 1.29 bits per heavy atom. The highest BCUT2D eigenvalue weighted by molar-refractivity contribution is 5.98. The van der Waals surface area contributed by atoms with Crippen molar-refractivity contribution in [2.24, 2.45) is 0 Å². The zero-order valence-electron chi connectivity index (χ0n) is 15.5. The third-order valence-corrected chi connectivity index (χ3v) is 4.18. The van der Waals surface area contributed by atoms with Crippen molar-refractivity contribution in [3.63, 3.8) is 0 Å². The molecule has 6 nitrogen and oxygen atoms in total. The lowest BCUT2D eigenvalue weighted by Crippen LogP contribution is -2.34. The van der Waals surface area contributed by atoms with Gasteiger partial charge in [-0.15, -0.1) is 0 Å². The van der Waals surface area contributed by atoms with Crippen molar-refractivity contribution in [2.45, 2.75) is 6.92 Å². The van der Waals surface area contributed by atoms with E-state index in [1.54, 1.807) is 30.3 Å². The molecule has 0 saturated carbocycles. The zero-order chi connectivity index (χ0) is 19.9. The van der Waals surface area contributed by atoms with Gasteiger partial charge in [0.2, 0.25) is 5.91 Å². The van der Waals surface area contributed by atoms with Crippen molar-refractivity contribution in [2.75, 3.05) is 18.4 Å². The second kappa shape index (κ2) is 8.81. The van der Waals surface area contributed by atoms with E-state index < -0.39 is 0 Å². The number of hydrogen-bond donors (Lipinski definition) is 3. The van der Waals surface area contributed by atoms with E-state index in [0.717, 1.165) is 10.8 Å². The van der Waals surface area contributed by atoms with Crippen LogP contribution in [0.5, 0.6) is 0 Å². The van der Waals surface area contributed by atoms with Gasteiger partial charge in [-0.25, -0.2) is 0 Å². The summed E-state index contributed by atoms with van der Waals surface area (Å²) in [6, 6.07) is 20.0. The molecule has 0 radical (unpaired) electrons. The summed E-state index contributed by atoms with van der Waals surface area (Å²) in [5.41, 5.74) is 1.69. The Labute approximate surface area is 162 Å². The fraction of sp³-hybridized carbons (Fsp3) is 0.136. The van der Waals surface area contributed by atoms with Gasteiger partial charge in [-0.05, 0) is 47.2 Å². The van der Waals surface area contributed by atoms with Gasteiger partial charge in [0.05, 0.1) is 0 Å². The third-order valence-electron chi connectivity index (χ3n) is 4.18. The van der Waals surface area contributed by atoms with Crippen LogP contribution in [0.2, 0.25) is 0 Å². The molecule has 0 saturated heterocycles. The van der Waals surface area contributed by atoms with Crippen molar-refractivity contribution in [3.05, 3.63) is 77.9 Å². The monoisotopic (exact) mass is 375 g/mol. The molecule has 3 aromatic carbocycles. The van der Waals surface area contributed by atoms with E-state index in [2.05, 4.69) is 16.0 Å². The highest BCUT2D eigenvalue weighted by Crippen LogP contribution is 2.15. The molecule has 0 spiro atoms. The minimum Gasteiger partial charge on any atom is -0.350 e. The fourth-order valence-corrected chi connectivity index (χ4v) is 2.79. The molecule has 3 aromatic rings. The van der Waals surface area contributed by atoms with Crippen molar-refractivity contribution < 1.29 is 14.4 Å². The molecule has 142 valence electrons. The van der Waals surface area contributed by atoms with Gasteiger partial charge in [0.1, 0.15) is 0 Å². The number of fused-ring (bicyclic) bond motifs is 1. The first kappa shape index (κ1) is 19.1. The Balaban J connectivity index is 1.47. The van der Waals surface area contributed by atoms with Crippen LogP contribution in [0.15, 0.2) is 66.7 Å². The lowest BCUT2D eigenvalue weighted by molar-refractivity contribution is -0.114. The summed E-state index contributed by atoms with van der Waals surface area (Å²) in [6.45, 7) is 2.06. The maximum Gasteiger partial charge on any atom is 0.251 e. The Morgan fingerprint density at radius 3 is 1.93 bits per heavy atom. The van der Waals surface area contributed by atoms with Gasteiger partial charge < -0.3 is 16.0 Å². The summed E-state index contributed by atoms with van der Waals surface area (Å²) in [5.74, 6) is -0.589. The van der Waals surface area contributed by atoms with Gasteiger partial charge in [0, 0.05) is 36.8 Å². The van der Waals surface area contributed by atoms with Crippen LogP contribution in [-0.2, 0) is 4.79 Å². The molecular weight excluding hydrogens is 354 g/mol. The first-order valence-corrected chi connectivity index (χ1v) is 8.96. The molecular formula is C22H21N3O3. The lowest BCUT2D eigenvalue weighted by atomic mass is 10.1. The molecule has 0 aromatic heterocycles. The van der Waals surface area contributed by atoms with E-state index in [1.807, 2.05) is 36.4 Å². The van der Waals surface area contributed by atoms with Gasteiger partial charge in [-0.3, -0.25) is 14.4 Å². The van der Waals surface area contributed by atoms with Crippen LogP contribution < -0.4 is 16.0 Å². The number of rotatable bonds is 6. The molecule has 0 aliphatic rings. The number of hydrogen-bond acceptors (Lipinski definition) is 3. The second-order valence-corrected chi connectivity index (χ2v) is 6.33. The average Bonchev–Trinajstić information content (AvgIpc) is 2.70. The van der Waals surface area contributed by atoms with Crippen molar-refractivity contribution >= 4 is 34.2 Å². The normalized spacial score (nSPS) is 10.3. The maximum absolute atomic E-state index is 12.3. The van der Waals surface area contributed by atoms with Crippen LogP contribution in [0.4, 0.5) is 5.69 Å². The molecule has 0 bridgehead atoms. The van der Waals surface area contributed by atoms with Gasteiger partial charge in [0.15, 0.2) is 0 Å². The highest BCUT2D eigenvalue weighted by atomic mass is 16.2. The summed E-state index contributed by atoms with van der Waals surface area (Å²) in [6.07, 6.45) is 0. The zero-order valence-corrected chi connectivity index (χ0v) is 15.5. The maximum atomic E-state index is 12.3. The summed E-state index contributed by atoms with van der Waals surface area (Å²) >= 11 is 0. The number of nitrogens with one attached hydrogen (secondary N) is 3. The van der Waals surface area contributed by atoms with Crippen LogP contribution in [0.3, 0.4) is 0 Å². The number of amides is 3. The number of benzene rings is 3. The predicted molar refractivity (Wildman–Crippen MR) is 109 cm³/mol. The second-order valence-electron chi connectivity index (χ2n) is 6.33. The van der Waals surface area contributed by atoms with Crippen LogP contribution in [-0.4, -0.2) is 30.8 Å². The van der Waals surface area contributed by atoms with E-state index in [1.165, 1.54) is 6.92 Å². The molecule has 0 unspecified atom stereocenters. The smallest absolute Gasteiger partial charge is 0.251 e. The minimum atomic E-state index is -0.241. The van der Waals surface area contributed by atoms with Crippen LogP contribution in [0.25, 0.3) is 10.8 Å². The average molecular weight is 375 g/mol. The van der Waals surface area contributed by atoms with Crippen LogP contribution in [0.1, 0.15) is 27.6 Å². The molecule has 0 fully saturated rings. The molecule has 3 amide bonds. The van der Waals surface area contributed by atoms with Crippen molar-refractivity contribution in [1.29, 1.82) is 0 Å². The fourth-order valence-electron chi connectivity index (χ4n) is 2.79. The molecule has 0 aliphatic carbocycles. The van der Waals surface area contributed by atoms with E-state index in [4.69, 9.17) is 0 Å². The Kier molecular flexibility index (Phi) is 6.01. The van der Waals surface area contributed by atoms with Gasteiger partial charge in [-0.2, -0.15) is 0 Å². The Hall–Kier alpha value is -3.67. The van der Waals surface area contributed by atoms with Gasteiger partial charge in [0.25, 0.3) is 11.8 Å². The first-order chi connectivity index (χ1) is 13.5. The third kappa shape index (κ3) is 4.94. The first-order valence-electron chi connectivity index (χ1n) is 8.96. The molecule has 0 heterocycles. The highest BCUT2D eigenvalue weighted by Gasteiger charge is 2.08. The summed E-state index contributed by atoms with van der Waals surface area (Å²) < 4.78 is 0. The molecule has 3 rings (SSSR count). The standard InChI is InChI=1S/C22H21N3O3/c1-15(26)25-20-10-8-17(9-11-20)21(27)23-12-13-24-22(28)19-7-6-16-4-2-3-5-18(16)14-19/h2-11,14H,12-13H2,1H3,(H,23,27)(H,24,28)(H,25,26). The quantitative estimate of drug-likeness (QED) is 0.579. The largest absolute Gasteiger partial charge is 0.350 e. The van der Waals surface area contributed by atoms with E-state index in [0.29, 0.717) is 29.9 Å². The molecule has 0 atom stereocenters. The topological polar surface area (TPSA) is 87.3 Å². The molecule has 0 aliphatic heterocycles. The number of carbonyl (C=O) groups excluding carboxylic acids is 3. The van der Waals surface area contributed by atoms with E-state index in [9.17, 15) is 14.4 Å². The number of anilines is 1. The van der Waals surface area contributed by atoms with Crippen molar-refractivity contribution in [1.82, 2.24) is 10.6 Å². The molecule has 6 heteroatoms. The van der Waals surface area contributed by atoms with Gasteiger partial charge >= 0.3 is 0 Å². The summed E-state index contributed by atoms with van der Waals surface area (Å²) in [4.78, 5) is 35.4. The lowest BCUT2D eigenvalue weighted by Gasteiger charge is -2.09. The summed E-state index contributed by atoms with van der Waals surface area (Å²) in [5, 5.41) is 10.3. The minimum absolute atomic E-state index is 0.167. The van der Waals surface area contributed by atoms with E-state index in [-0.39, 0.29) is 17.7 Å². The number of carbonyl (C=O) groups is 3. The predicted octanol–water partition coefficient (Wildman–Crippen LogP) is 2.96. The van der Waals surface area contributed by atoms with Gasteiger partial charge in [-0.1, -0.05) is 30.3 Å². The van der Waals surface area contributed by atoms with E-state index >= 15 is 0 Å². The Bertz CT molecular complexity index is 1010. The van der Waals surface area contributed by atoms with Crippen LogP contribution >= 0.6 is 0 Å². The molecule has 3 N–H and O–H groups in total. The molecule has 28 heavy (non-hydrogen) atoms. The Morgan fingerprint density at radius 1 is 0.714 bits per heavy atom. The van der Waals surface area contributed by atoms with Crippen LogP contribution in [0, 0.1) is 0 Å². The van der Waals surface area contributed by atoms with Crippen molar-refractivity contribution in [3.8, 4) is 0 Å².